The fraction of sp³-hybridized carbons (Fsp3) is 0.379. The van der Waals surface area contributed by atoms with E-state index in [9.17, 15) is 13.6 Å². The van der Waals surface area contributed by atoms with Gasteiger partial charge in [-0.2, -0.15) is 5.10 Å². The highest BCUT2D eigenvalue weighted by Gasteiger charge is 2.16. The van der Waals surface area contributed by atoms with Crippen molar-refractivity contribution < 1.29 is 28.2 Å². The molecule has 0 bridgehead atoms. The Labute approximate surface area is 247 Å². The van der Waals surface area contributed by atoms with Crippen LogP contribution in [0.4, 0.5) is 26.1 Å². The van der Waals surface area contributed by atoms with Gasteiger partial charge in [-0.15, -0.1) is 0 Å². The minimum Gasteiger partial charge on any atom is -0.467 e. The van der Waals surface area contributed by atoms with Crippen molar-refractivity contribution in [2.75, 3.05) is 69.9 Å². The van der Waals surface area contributed by atoms with Crippen LogP contribution in [0.3, 0.4) is 0 Å². The molecule has 228 valence electrons. The van der Waals surface area contributed by atoms with Gasteiger partial charge < -0.3 is 30.1 Å². The van der Waals surface area contributed by atoms with E-state index >= 15 is 0 Å². The number of anilines is 3. The zero-order chi connectivity index (χ0) is 30.0. The number of ether oxygens (including phenoxy) is 2. The second kappa shape index (κ2) is 14.8. The van der Waals surface area contributed by atoms with Crippen LogP contribution in [0, 0.1) is 11.6 Å². The number of H-pyrrole nitrogens is 1. The molecule has 0 unspecified atom stereocenters. The summed E-state index contributed by atoms with van der Waals surface area (Å²) in [5.41, 5.74) is 0.889. The lowest BCUT2D eigenvalue weighted by molar-refractivity contribution is -0.115. The average molecular weight is 597 g/mol. The molecule has 43 heavy (non-hydrogen) atoms. The highest BCUT2D eigenvalue weighted by molar-refractivity contribution is 5.93. The molecule has 1 fully saturated rings. The maximum atomic E-state index is 13.8. The lowest BCUT2D eigenvalue weighted by atomic mass is 10.2. The number of fused-ring (bicyclic) bond motifs is 1. The van der Waals surface area contributed by atoms with E-state index in [1.807, 2.05) is 6.07 Å². The zero-order valence-electron chi connectivity index (χ0n) is 23.6. The molecule has 0 saturated carbocycles. The zero-order valence-corrected chi connectivity index (χ0v) is 23.6. The molecule has 4 N–H and O–H groups in total. The summed E-state index contributed by atoms with van der Waals surface area (Å²) < 4.78 is 38.7. The molecule has 5 rings (SSSR count). The second-order valence-corrected chi connectivity index (χ2v) is 10.1. The Bertz CT molecular complexity index is 1510. The summed E-state index contributed by atoms with van der Waals surface area (Å²) in [6, 6.07) is 10.6. The third-order valence-corrected chi connectivity index (χ3v) is 7.02. The molecule has 2 aromatic carbocycles. The predicted octanol–water partition coefficient (Wildman–Crippen LogP) is 2.91. The summed E-state index contributed by atoms with van der Waals surface area (Å²) >= 11 is 0. The molecule has 2 aromatic heterocycles. The van der Waals surface area contributed by atoms with E-state index in [1.54, 1.807) is 18.2 Å². The van der Waals surface area contributed by atoms with Gasteiger partial charge >= 0.3 is 0 Å². The number of hydrogen-bond acceptors (Lipinski definition) is 10. The van der Waals surface area contributed by atoms with Crippen molar-refractivity contribution in [2.24, 2.45) is 0 Å². The Morgan fingerprint density at radius 1 is 1.05 bits per heavy atom. The van der Waals surface area contributed by atoms with Gasteiger partial charge in [-0.3, -0.25) is 14.8 Å². The standard InChI is InChI=1S/C29H34F2N8O4/c30-23-3-1-4-24(28(23)31)34-27(41)16-20-15-26(37-36-20)35-29-22-6-5-21(17-25(22)32-18-33-29)43-19-42-14-2-7-38-8-10-39(11-9-38)12-13-40/h1,3-6,15,17-18,40H,2,7-14,16,19H2,(H,34,41)(H2,32,33,35,36,37). The lowest BCUT2D eigenvalue weighted by Crippen LogP contribution is -2.47. The van der Waals surface area contributed by atoms with Crippen LogP contribution < -0.4 is 15.4 Å². The number of nitrogens with zero attached hydrogens (tertiary/aromatic N) is 5. The number of aliphatic hydroxyl groups excluding tert-OH is 1. The molecular weight excluding hydrogens is 562 g/mol. The van der Waals surface area contributed by atoms with Crippen molar-refractivity contribution in [3.8, 4) is 5.75 Å². The summed E-state index contributed by atoms with van der Waals surface area (Å²) in [5.74, 6) is -1.15. The first-order chi connectivity index (χ1) is 21.0. The van der Waals surface area contributed by atoms with E-state index < -0.39 is 17.5 Å². The Kier molecular flexibility index (Phi) is 10.4. The maximum Gasteiger partial charge on any atom is 0.230 e. The van der Waals surface area contributed by atoms with Crippen LogP contribution in [0.25, 0.3) is 10.9 Å². The van der Waals surface area contributed by atoms with Crippen LogP contribution in [0.2, 0.25) is 0 Å². The van der Waals surface area contributed by atoms with E-state index in [-0.39, 0.29) is 25.5 Å². The third-order valence-electron chi connectivity index (χ3n) is 7.02. The van der Waals surface area contributed by atoms with E-state index in [0.717, 1.165) is 57.1 Å². The van der Waals surface area contributed by atoms with Gasteiger partial charge in [0.2, 0.25) is 5.91 Å². The number of aliphatic hydroxyl groups is 1. The number of amides is 1. The van der Waals surface area contributed by atoms with Gasteiger partial charge in [-0.05, 0) is 30.7 Å². The normalized spacial score (nSPS) is 14.2. The van der Waals surface area contributed by atoms with Crippen LogP contribution in [0.1, 0.15) is 12.1 Å². The minimum absolute atomic E-state index is 0.125. The number of rotatable bonds is 14. The summed E-state index contributed by atoms with van der Waals surface area (Å²) in [4.78, 5) is 25.6. The number of carbonyl (C=O) groups is 1. The smallest absolute Gasteiger partial charge is 0.230 e. The summed E-state index contributed by atoms with van der Waals surface area (Å²) in [5, 5.41) is 22.2. The first kappa shape index (κ1) is 30.2. The fourth-order valence-electron chi connectivity index (χ4n) is 4.77. The van der Waals surface area contributed by atoms with Crippen molar-refractivity contribution in [1.82, 2.24) is 30.0 Å². The van der Waals surface area contributed by atoms with Crippen molar-refractivity contribution >= 4 is 34.1 Å². The molecule has 0 aliphatic carbocycles. The molecule has 0 radical (unpaired) electrons. The molecule has 0 spiro atoms. The summed E-state index contributed by atoms with van der Waals surface area (Å²) in [6.07, 6.45) is 2.21. The lowest BCUT2D eigenvalue weighted by Gasteiger charge is -2.34. The number of β-amino-alcohol motifs (C(OH)–C–C–N with tert-alkyl or cyclic N) is 1. The predicted molar refractivity (Wildman–Crippen MR) is 156 cm³/mol. The Balaban J connectivity index is 1.07. The molecule has 3 heterocycles. The Morgan fingerprint density at radius 2 is 1.86 bits per heavy atom. The van der Waals surface area contributed by atoms with Crippen LogP contribution in [-0.4, -0.2) is 100 Å². The third kappa shape index (κ3) is 8.41. The molecule has 14 heteroatoms. The number of nitrogens with one attached hydrogen (secondary N) is 3. The molecule has 0 atom stereocenters. The number of aromatic nitrogens is 4. The SMILES string of the molecule is O=C(Cc1cc(Nc2ncnc3cc(OCOCCCN4CCN(CCO)CC4)ccc23)n[nH]1)Nc1cccc(F)c1F. The van der Waals surface area contributed by atoms with E-state index in [1.165, 1.54) is 18.5 Å². The Morgan fingerprint density at radius 3 is 2.67 bits per heavy atom. The topological polar surface area (TPSA) is 141 Å². The minimum atomic E-state index is -1.11. The van der Waals surface area contributed by atoms with Crippen molar-refractivity contribution in [2.45, 2.75) is 12.8 Å². The van der Waals surface area contributed by atoms with Crippen molar-refractivity contribution in [1.29, 1.82) is 0 Å². The molecule has 1 saturated heterocycles. The fourth-order valence-corrected chi connectivity index (χ4v) is 4.77. The maximum absolute atomic E-state index is 13.8. The van der Waals surface area contributed by atoms with E-state index in [0.29, 0.717) is 35.2 Å². The van der Waals surface area contributed by atoms with Gasteiger partial charge in [-0.1, -0.05) is 6.07 Å². The van der Waals surface area contributed by atoms with Crippen LogP contribution in [-0.2, 0) is 16.0 Å². The van der Waals surface area contributed by atoms with Crippen LogP contribution in [0.15, 0.2) is 48.8 Å². The largest absolute Gasteiger partial charge is 0.467 e. The van der Waals surface area contributed by atoms with E-state index in [2.05, 4.69) is 40.6 Å². The number of hydrogen-bond donors (Lipinski definition) is 4. The summed E-state index contributed by atoms with van der Waals surface area (Å²) in [7, 11) is 0. The molecule has 1 aliphatic rings. The molecule has 1 aliphatic heterocycles. The van der Waals surface area contributed by atoms with Crippen molar-refractivity contribution in [3.05, 3.63) is 66.1 Å². The number of aromatic amines is 1. The second-order valence-electron chi connectivity index (χ2n) is 10.1. The van der Waals surface area contributed by atoms with Gasteiger partial charge in [0.1, 0.15) is 17.9 Å². The van der Waals surface area contributed by atoms with Crippen molar-refractivity contribution in [3.63, 3.8) is 0 Å². The van der Waals surface area contributed by atoms with Gasteiger partial charge in [0.25, 0.3) is 0 Å². The molecule has 1 amide bonds. The average Bonchev–Trinajstić information content (AvgIpc) is 3.44. The van der Waals surface area contributed by atoms with Gasteiger partial charge in [0.15, 0.2) is 24.2 Å². The quantitative estimate of drug-likeness (QED) is 0.127. The first-order valence-corrected chi connectivity index (χ1v) is 14.0. The number of benzene rings is 2. The number of carbonyl (C=O) groups excluding carboxylic acids is 1. The monoisotopic (exact) mass is 596 g/mol. The Hall–Kier alpha value is -4.24. The van der Waals surface area contributed by atoms with Crippen LogP contribution in [0.5, 0.6) is 5.75 Å². The molecule has 12 nitrogen and oxygen atoms in total. The highest BCUT2D eigenvalue weighted by Crippen LogP contribution is 2.26. The van der Waals surface area contributed by atoms with Gasteiger partial charge in [-0.25, -0.2) is 18.7 Å². The van der Waals surface area contributed by atoms with E-state index in [4.69, 9.17) is 14.6 Å². The first-order valence-electron chi connectivity index (χ1n) is 14.0. The number of halogens is 2. The number of piperazine rings is 1. The summed E-state index contributed by atoms with van der Waals surface area (Å²) in [6.45, 7) is 6.61. The van der Waals surface area contributed by atoms with Crippen LogP contribution >= 0.6 is 0 Å². The highest BCUT2D eigenvalue weighted by atomic mass is 19.2. The molecular formula is C29H34F2N8O4. The van der Waals surface area contributed by atoms with Gasteiger partial charge in [0.05, 0.1) is 30.8 Å². The van der Waals surface area contributed by atoms with Gasteiger partial charge in [0, 0.05) is 62.5 Å². The molecule has 4 aromatic rings.